The van der Waals surface area contributed by atoms with E-state index in [1.165, 1.54) is 26.4 Å². The number of ether oxygens (including phenoxy) is 3. The van der Waals surface area contributed by atoms with E-state index in [-0.39, 0.29) is 17.9 Å². The molecule has 0 radical (unpaired) electrons. The molecular weight excluding hydrogens is 338 g/mol. The Morgan fingerprint density at radius 2 is 1.88 bits per heavy atom. The zero-order valence-electron chi connectivity index (χ0n) is 14.7. The number of aryl methyl sites for hydroxylation is 1. The molecule has 26 heavy (non-hydrogen) atoms. The van der Waals surface area contributed by atoms with Gasteiger partial charge in [-0.3, -0.25) is 9.59 Å². The molecule has 0 saturated carbocycles. The molecule has 2 rings (SSSR count). The van der Waals surface area contributed by atoms with Crippen molar-refractivity contribution in [1.82, 2.24) is 0 Å². The predicted molar refractivity (Wildman–Crippen MR) is 95.0 cm³/mol. The van der Waals surface area contributed by atoms with Gasteiger partial charge in [0.2, 0.25) is 0 Å². The summed E-state index contributed by atoms with van der Waals surface area (Å²) in [5, 5.41) is 2.68. The van der Waals surface area contributed by atoms with Crippen molar-refractivity contribution in [3.05, 3.63) is 53.1 Å². The molecule has 0 heterocycles. The average Bonchev–Trinajstić information content (AvgIpc) is 2.67. The van der Waals surface area contributed by atoms with Crippen LogP contribution in [0.5, 0.6) is 11.5 Å². The minimum atomic E-state index is -0.495. The lowest BCUT2D eigenvalue weighted by atomic mass is 10.1. The van der Waals surface area contributed by atoms with Gasteiger partial charge in [-0.05, 0) is 42.8 Å². The first kappa shape index (κ1) is 19.0. The Bertz CT molecular complexity index is 831. The Hall–Kier alpha value is -3.35. The number of hydrogen-bond donors (Lipinski definition) is 1. The number of carbonyl (C=O) groups is 3. The molecule has 0 atom stereocenters. The smallest absolute Gasteiger partial charge is 0.337 e. The summed E-state index contributed by atoms with van der Waals surface area (Å²) in [5.41, 5.74) is 1.87. The highest BCUT2D eigenvalue weighted by Gasteiger charge is 2.12. The van der Waals surface area contributed by atoms with Gasteiger partial charge in [0.1, 0.15) is 11.5 Å². The second-order valence-corrected chi connectivity index (χ2v) is 5.38. The van der Waals surface area contributed by atoms with E-state index in [0.717, 1.165) is 5.56 Å². The third kappa shape index (κ3) is 4.60. The number of rotatable bonds is 7. The number of anilines is 1. The predicted octanol–water partition coefficient (Wildman–Crippen LogP) is 2.62. The summed E-state index contributed by atoms with van der Waals surface area (Å²) in [4.78, 5) is 34.9. The molecule has 0 aliphatic rings. The molecule has 0 aliphatic heterocycles. The lowest BCUT2D eigenvalue weighted by Gasteiger charge is -2.12. The Morgan fingerprint density at radius 3 is 2.54 bits per heavy atom. The highest BCUT2D eigenvalue weighted by molar-refractivity contribution is 5.96. The average molecular weight is 357 g/mol. The van der Waals surface area contributed by atoms with Crippen molar-refractivity contribution in [3.63, 3.8) is 0 Å². The Labute approximate surface area is 150 Å². The number of methoxy groups -OCH3 is 2. The highest BCUT2D eigenvalue weighted by atomic mass is 16.5. The van der Waals surface area contributed by atoms with Gasteiger partial charge in [0.05, 0.1) is 25.3 Å². The first-order chi connectivity index (χ1) is 12.5. The molecule has 0 saturated heterocycles. The minimum absolute atomic E-state index is 0.274. The summed E-state index contributed by atoms with van der Waals surface area (Å²) >= 11 is 0. The van der Waals surface area contributed by atoms with Crippen molar-refractivity contribution in [2.24, 2.45) is 0 Å². The van der Waals surface area contributed by atoms with E-state index in [9.17, 15) is 14.4 Å². The van der Waals surface area contributed by atoms with Crippen molar-refractivity contribution < 1.29 is 28.6 Å². The van der Waals surface area contributed by atoms with Crippen LogP contribution in [0.25, 0.3) is 0 Å². The largest absolute Gasteiger partial charge is 0.497 e. The van der Waals surface area contributed by atoms with Gasteiger partial charge in [0, 0.05) is 5.69 Å². The molecule has 7 heteroatoms. The second kappa shape index (κ2) is 8.66. The van der Waals surface area contributed by atoms with Crippen LogP contribution in [0.4, 0.5) is 5.69 Å². The molecule has 2 aromatic rings. The number of hydrogen-bond acceptors (Lipinski definition) is 6. The maximum absolute atomic E-state index is 12.1. The van der Waals surface area contributed by atoms with Crippen LogP contribution in [0.3, 0.4) is 0 Å². The maximum atomic E-state index is 12.1. The van der Waals surface area contributed by atoms with Crippen LogP contribution in [0.15, 0.2) is 36.4 Å². The molecule has 1 amide bonds. The molecule has 0 spiro atoms. The van der Waals surface area contributed by atoms with E-state index in [1.807, 2.05) is 0 Å². The van der Waals surface area contributed by atoms with E-state index in [4.69, 9.17) is 9.47 Å². The van der Waals surface area contributed by atoms with Crippen LogP contribution in [0, 0.1) is 6.92 Å². The topological polar surface area (TPSA) is 90.9 Å². The number of nitrogens with one attached hydrogen (secondary N) is 1. The van der Waals surface area contributed by atoms with Gasteiger partial charge < -0.3 is 19.5 Å². The van der Waals surface area contributed by atoms with E-state index in [0.29, 0.717) is 23.3 Å². The molecule has 2 aromatic carbocycles. The number of carbonyl (C=O) groups excluding carboxylic acids is 3. The standard InChI is InChI=1S/C19H19NO6/c1-12-4-5-13(19(23)25-3)9-16(12)20-18(22)11-26-17-7-6-15(24-2)8-14(17)10-21/h4-10H,11H2,1-3H3,(H,20,22). The van der Waals surface area contributed by atoms with Crippen LogP contribution in [0.2, 0.25) is 0 Å². The monoisotopic (exact) mass is 357 g/mol. The van der Waals surface area contributed by atoms with E-state index in [1.54, 1.807) is 31.2 Å². The summed E-state index contributed by atoms with van der Waals surface area (Å²) in [6.45, 7) is 1.50. The van der Waals surface area contributed by atoms with E-state index in [2.05, 4.69) is 10.1 Å². The molecular formula is C19H19NO6. The molecule has 0 unspecified atom stereocenters. The second-order valence-electron chi connectivity index (χ2n) is 5.38. The SMILES string of the molecule is COC(=O)c1ccc(C)c(NC(=O)COc2ccc(OC)cc2C=O)c1. The summed E-state index contributed by atoms with van der Waals surface area (Å²) in [5.74, 6) is -0.136. The summed E-state index contributed by atoms with van der Waals surface area (Å²) in [6, 6.07) is 9.55. The third-order valence-electron chi connectivity index (χ3n) is 3.64. The minimum Gasteiger partial charge on any atom is -0.497 e. The Morgan fingerprint density at radius 1 is 1.12 bits per heavy atom. The van der Waals surface area contributed by atoms with Gasteiger partial charge >= 0.3 is 5.97 Å². The zero-order chi connectivity index (χ0) is 19.1. The van der Waals surface area contributed by atoms with E-state index < -0.39 is 11.9 Å². The van der Waals surface area contributed by atoms with E-state index >= 15 is 0 Å². The fourth-order valence-electron chi connectivity index (χ4n) is 2.21. The molecule has 0 aliphatic carbocycles. The lowest BCUT2D eigenvalue weighted by molar-refractivity contribution is -0.118. The fraction of sp³-hybridized carbons (Fsp3) is 0.211. The van der Waals surface area contributed by atoms with Gasteiger partial charge in [-0.2, -0.15) is 0 Å². The normalized spacial score (nSPS) is 9.96. The van der Waals surface area contributed by atoms with Crippen molar-refractivity contribution in [2.45, 2.75) is 6.92 Å². The van der Waals surface area contributed by atoms with Crippen LogP contribution >= 0.6 is 0 Å². The third-order valence-corrected chi connectivity index (χ3v) is 3.64. The van der Waals surface area contributed by atoms with Crippen LogP contribution in [-0.2, 0) is 9.53 Å². The zero-order valence-corrected chi connectivity index (χ0v) is 14.7. The molecule has 0 bridgehead atoms. The van der Waals surface area contributed by atoms with Crippen LogP contribution in [-0.4, -0.2) is 39.0 Å². The van der Waals surface area contributed by atoms with Gasteiger partial charge in [0.15, 0.2) is 12.9 Å². The molecule has 0 fully saturated rings. The van der Waals surface area contributed by atoms with Gasteiger partial charge in [-0.25, -0.2) is 4.79 Å². The summed E-state index contributed by atoms with van der Waals surface area (Å²) in [6.07, 6.45) is 0.625. The summed E-state index contributed by atoms with van der Waals surface area (Å²) < 4.78 is 15.1. The molecule has 136 valence electrons. The highest BCUT2D eigenvalue weighted by Crippen LogP contribution is 2.23. The van der Waals surface area contributed by atoms with Crippen molar-refractivity contribution >= 4 is 23.9 Å². The van der Waals surface area contributed by atoms with Gasteiger partial charge in [-0.15, -0.1) is 0 Å². The van der Waals surface area contributed by atoms with Gasteiger partial charge in [-0.1, -0.05) is 6.07 Å². The maximum Gasteiger partial charge on any atom is 0.337 e. The quantitative estimate of drug-likeness (QED) is 0.605. The Kier molecular flexibility index (Phi) is 6.32. The van der Waals surface area contributed by atoms with Crippen molar-refractivity contribution in [2.75, 3.05) is 26.1 Å². The van der Waals surface area contributed by atoms with Gasteiger partial charge in [0.25, 0.3) is 5.91 Å². The molecule has 1 N–H and O–H groups in total. The lowest BCUT2D eigenvalue weighted by Crippen LogP contribution is -2.21. The summed E-state index contributed by atoms with van der Waals surface area (Å²) in [7, 11) is 2.77. The fourth-order valence-corrected chi connectivity index (χ4v) is 2.21. The van der Waals surface area contributed by atoms with Crippen molar-refractivity contribution in [3.8, 4) is 11.5 Å². The first-order valence-corrected chi connectivity index (χ1v) is 7.73. The van der Waals surface area contributed by atoms with Crippen LogP contribution in [0.1, 0.15) is 26.3 Å². The number of aldehydes is 1. The van der Waals surface area contributed by atoms with Crippen LogP contribution < -0.4 is 14.8 Å². The first-order valence-electron chi connectivity index (χ1n) is 7.73. The number of benzene rings is 2. The number of amides is 1. The van der Waals surface area contributed by atoms with Crippen molar-refractivity contribution in [1.29, 1.82) is 0 Å². The Balaban J connectivity index is 2.06. The number of esters is 1. The molecule has 7 nitrogen and oxygen atoms in total. The molecule has 0 aromatic heterocycles.